The Kier molecular flexibility index (Phi) is 7.67. The summed E-state index contributed by atoms with van der Waals surface area (Å²) in [6.45, 7) is 10.8. The maximum absolute atomic E-state index is 11.9. The number of methoxy groups -OCH3 is 1. The third-order valence-electron chi connectivity index (χ3n) is 6.79. The zero-order valence-electron chi connectivity index (χ0n) is 20.1. The van der Waals surface area contributed by atoms with Gasteiger partial charge in [-0.1, -0.05) is 18.2 Å². The van der Waals surface area contributed by atoms with Crippen molar-refractivity contribution in [3.05, 3.63) is 35.6 Å². The number of rotatable bonds is 6. The molecule has 0 aromatic carbocycles. The Morgan fingerprint density at radius 1 is 1.24 bits per heavy atom. The van der Waals surface area contributed by atoms with Crippen molar-refractivity contribution in [2.45, 2.75) is 83.9 Å². The molecule has 3 aliphatic rings. The Morgan fingerprint density at radius 3 is 2.61 bits per heavy atom. The Labute approximate surface area is 194 Å². The molecule has 1 aliphatic carbocycles. The van der Waals surface area contributed by atoms with Gasteiger partial charge in [0.2, 0.25) is 6.29 Å². The Hall–Kier alpha value is -2.61. The van der Waals surface area contributed by atoms with E-state index in [-0.39, 0.29) is 30.0 Å². The third kappa shape index (κ3) is 5.85. The maximum atomic E-state index is 11.9. The smallest absolute Gasteiger partial charge is 0.333 e. The summed E-state index contributed by atoms with van der Waals surface area (Å²) in [6.07, 6.45) is 5.35. The van der Waals surface area contributed by atoms with Crippen molar-refractivity contribution in [1.82, 2.24) is 0 Å². The van der Waals surface area contributed by atoms with Crippen LogP contribution in [0.2, 0.25) is 0 Å². The van der Waals surface area contributed by atoms with E-state index >= 15 is 0 Å². The van der Waals surface area contributed by atoms with E-state index in [4.69, 9.17) is 23.7 Å². The van der Waals surface area contributed by atoms with Crippen LogP contribution in [0.1, 0.15) is 59.8 Å². The van der Waals surface area contributed by atoms with Crippen LogP contribution in [0.5, 0.6) is 0 Å². The van der Waals surface area contributed by atoms with Gasteiger partial charge in [0.05, 0.1) is 31.0 Å². The summed E-state index contributed by atoms with van der Waals surface area (Å²) in [4.78, 5) is 35.5. The van der Waals surface area contributed by atoms with Gasteiger partial charge in [-0.3, -0.25) is 9.59 Å². The van der Waals surface area contributed by atoms with Crippen LogP contribution >= 0.6 is 0 Å². The average Bonchev–Trinajstić information content (AvgIpc) is 3.40. The molecule has 8 heteroatoms. The van der Waals surface area contributed by atoms with Crippen LogP contribution in [0.4, 0.5) is 0 Å². The Morgan fingerprint density at radius 2 is 1.97 bits per heavy atom. The molecule has 0 aromatic rings. The summed E-state index contributed by atoms with van der Waals surface area (Å²) < 4.78 is 27.8. The molecule has 6 unspecified atom stereocenters. The van der Waals surface area contributed by atoms with Gasteiger partial charge < -0.3 is 23.7 Å². The molecule has 2 aliphatic heterocycles. The maximum Gasteiger partial charge on any atom is 0.333 e. The van der Waals surface area contributed by atoms with E-state index < -0.39 is 30.3 Å². The van der Waals surface area contributed by atoms with Crippen LogP contribution in [0.25, 0.3) is 0 Å². The number of epoxide rings is 1. The van der Waals surface area contributed by atoms with Gasteiger partial charge in [0, 0.05) is 37.3 Å². The fraction of sp³-hybridized carbons (Fsp3) is 0.640. The Balaban J connectivity index is 1.96. The average molecular weight is 463 g/mol. The zero-order valence-corrected chi connectivity index (χ0v) is 20.1. The van der Waals surface area contributed by atoms with E-state index in [0.29, 0.717) is 5.57 Å². The second-order valence-electron chi connectivity index (χ2n) is 9.23. The molecule has 1 saturated heterocycles. The van der Waals surface area contributed by atoms with Crippen LogP contribution < -0.4 is 0 Å². The highest BCUT2D eigenvalue weighted by Crippen LogP contribution is 2.50. The van der Waals surface area contributed by atoms with Crippen LogP contribution in [-0.4, -0.2) is 49.1 Å². The van der Waals surface area contributed by atoms with Crippen molar-refractivity contribution in [3.8, 4) is 0 Å². The second kappa shape index (κ2) is 10.1. The molecule has 2 heterocycles. The minimum atomic E-state index is -0.794. The topological polar surface area (TPSA) is 101 Å². The van der Waals surface area contributed by atoms with Crippen LogP contribution in [0, 0.1) is 11.8 Å². The zero-order chi connectivity index (χ0) is 24.3. The molecule has 0 radical (unpaired) electrons. The number of ether oxygens (including phenoxy) is 5. The minimum absolute atomic E-state index is 0.133. The second-order valence-corrected chi connectivity index (χ2v) is 9.23. The normalized spacial score (nSPS) is 32.3. The first kappa shape index (κ1) is 25.0. The SMILES string of the molecule is C=C1CCC2OC2(C)CCC2C(C(CC=C(C)C(=O)OC)OC(C)=O)=COC(OC(C)=O)C12. The summed E-state index contributed by atoms with van der Waals surface area (Å²) in [5, 5.41) is 0. The molecule has 2 fully saturated rings. The quantitative estimate of drug-likeness (QED) is 0.193. The van der Waals surface area contributed by atoms with Gasteiger partial charge in [-0.15, -0.1) is 0 Å². The number of fused-ring (bicyclic) bond motifs is 2. The van der Waals surface area contributed by atoms with Crippen molar-refractivity contribution < 1.29 is 38.1 Å². The molecule has 0 bridgehead atoms. The Bertz CT molecular complexity index is 872. The number of hydrogen-bond donors (Lipinski definition) is 0. The summed E-state index contributed by atoms with van der Waals surface area (Å²) in [7, 11) is 1.32. The van der Waals surface area contributed by atoms with Crippen LogP contribution in [0.3, 0.4) is 0 Å². The molecule has 182 valence electrons. The van der Waals surface area contributed by atoms with E-state index in [1.54, 1.807) is 19.3 Å². The molecule has 6 atom stereocenters. The lowest BCUT2D eigenvalue weighted by Crippen LogP contribution is -2.41. The molecular weight excluding hydrogens is 428 g/mol. The molecule has 33 heavy (non-hydrogen) atoms. The lowest BCUT2D eigenvalue weighted by atomic mass is 9.74. The van der Waals surface area contributed by atoms with Gasteiger partial charge in [0.15, 0.2) is 0 Å². The molecule has 0 aromatic heterocycles. The fourth-order valence-electron chi connectivity index (χ4n) is 4.90. The van der Waals surface area contributed by atoms with Gasteiger partial charge in [0.1, 0.15) is 6.10 Å². The van der Waals surface area contributed by atoms with Crippen molar-refractivity contribution >= 4 is 17.9 Å². The third-order valence-corrected chi connectivity index (χ3v) is 6.79. The van der Waals surface area contributed by atoms with Gasteiger partial charge in [0.25, 0.3) is 0 Å². The number of hydrogen-bond acceptors (Lipinski definition) is 8. The van der Waals surface area contributed by atoms with Gasteiger partial charge >= 0.3 is 17.9 Å². The molecule has 1 saturated carbocycles. The molecule has 8 nitrogen and oxygen atoms in total. The van der Waals surface area contributed by atoms with E-state index in [0.717, 1.165) is 36.8 Å². The predicted molar refractivity (Wildman–Crippen MR) is 119 cm³/mol. The standard InChI is InChI=1S/C25H34O8/c1-14-8-10-21-25(5,33-21)12-11-18-19(13-30-24(22(14)18)32-17(4)27)20(31-16(3)26)9-7-15(2)23(28)29-6/h7,13,18,20-22,24H,1,8-12H2,2-6H3. The van der Waals surface area contributed by atoms with E-state index in [2.05, 4.69) is 13.5 Å². The number of esters is 3. The van der Waals surface area contributed by atoms with Crippen molar-refractivity contribution in [1.29, 1.82) is 0 Å². The number of carbonyl (C=O) groups excluding carboxylic acids is 3. The summed E-state index contributed by atoms with van der Waals surface area (Å²) in [6, 6.07) is 0. The lowest BCUT2D eigenvalue weighted by Gasteiger charge is -2.40. The first-order chi connectivity index (χ1) is 15.6. The van der Waals surface area contributed by atoms with Crippen molar-refractivity contribution in [3.63, 3.8) is 0 Å². The van der Waals surface area contributed by atoms with E-state index in [1.807, 2.05) is 0 Å². The highest BCUT2D eigenvalue weighted by molar-refractivity contribution is 5.87. The van der Waals surface area contributed by atoms with Gasteiger partial charge in [-0.25, -0.2) is 4.79 Å². The fourth-order valence-corrected chi connectivity index (χ4v) is 4.90. The number of carbonyl (C=O) groups is 3. The first-order valence-electron chi connectivity index (χ1n) is 11.4. The lowest BCUT2D eigenvalue weighted by molar-refractivity contribution is -0.181. The summed E-state index contributed by atoms with van der Waals surface area (Å²) >= 11 is 0. The van der Waals surface area contributed by atoms with Gasteiger partial charge in [-0.2, -0.15) is 0 Å². The first-order valence-corrected chi connectivity index (χ1v) is 11.4. The molecule has 0 amide bonds. The van der Waals surface area contributed by atoms with E-state index in [9.17, 15) is 14.4 Å². The molecule has 0 spiro atoms. The monoisotopic (exact) mass is 462 g/mol. The highest BCUT2D eigenvalue weighted by atomic mass is 16.7. The van der Waals surface area contributed by atoms with Crippen LogP contribution in [-0.2, 0) is 38.1 Å². The summed E-state index contributed by atoms with van der Waals surface area (Å²) in [5.74, 6) is -1.73. The summed E-state index contributed by atoms with van der Waals surface area (Å²) in [5.41, 5.74) is 1.92. The molecular formula is C25H34O8. The molecule has 3 rings (SSSR count). The predicted octanol–water partition coefficient (Wildman–Crippen LogP) is 3.75. The van der Waals surface area contributed by atoms with E-state index in [1.165, 1.54) is 21.0 Å². The highest BCUT2D eigenvalue weighted by Gasteiger charge is 2.54. The minimum Gasteiger partial charge on any atom is -0.466 e. The van der Waals surface area contributed by atoms with Crippen molar-refractivity contribution in [2.24, 2.45) is 11.8 Å². The van der Waals surface area contributed by atoms with Crippen molar-refractivity contribution in [2.75, 3.05) is 7.11 Å². The largest absolute Gasteiger partial charge is 0.466 e. The van der Waals surface area contributed by atoms with Gasteiger partial charge in [-0.05, 0) is 39.5 Å². The van der Waals surface area contributed by atoms with Crippen LogP contribution in [0.15, 0.2) is 35.6 Å². The molecule has 0 N–H and O–H groups in total.